The normalized spacial score (nSPS) is 10.1. The Balaban J connectivity index is 2.47. The second-order valence-corrected chi connectivity index (χ2v) is 4.10. The van der Waals surface area contributed by atoms with Gasteiger partial charge in [-0.15, -0.1) is 0 Å². The summed E-state index contributed by atoms with van der Waals surface area (Å²) in [5.41, 5.74) is 0.421. The molecule has 0 aliphatic carbocycles. The molecule has 0 bridgehead atoms. The van der Waals surface area contributed by atoms with E-state index in [0.29, 0.717) is 12.3 Å². The minimum Gasteiger partial charge on any atom is -0.478 e. The molecule has 1 amide bonds. The molecule has 104 valence electrons. The summed E-state index contributed by atoms with van der Waals surface area (Å²) in [6.45, 7) is 2.19. The lowest BCUT2D eigenvalue weighted by molar-refractivity contribution is 0.204. The van der Waals surface area contributed by atoms with Gasteiger partial charge in [-0.1, -0.05) is 29.8 Å². The Kier molecular flexibility index (Phi) is 4.37. The minimum atomic E-state index is -1.21. The Morgan fingerprint density at radius 3 is 2.65 bits per heavy atom. The fourth-order valence-electron chi connectivity index (χ4n) is 1.60. The van der Waals surface area contributed by atoms with Crippen LogP contribution in [0.4, 0.5) is 16.4 Å². The molecule has 7 heteroatoms. The molecule has 1 aromatic carbocycles. The van der Waals surface area contributed by atoms with Crippen molar-refractivity contribution in [3.8, 4) is 5.88 Å². The van der Waals surface area contributed by atoms with Gasteiger partial charge in [0.2, 0.25) is 11.8 Å². The summed E-state index contributed by atoms with van der Waals surface area (Å²) < 4.78 is 5.24. The van der Waals surface area contributed by atoms with Crippen LogP contribution >= 0.6 is 11.6 Å². The number of hydrogen-bond donors (Lipinski definition) is 1. The van der Waals surface area contributed by atoms with E-state index in [2.05, 4.69) is 9.97 Å². The molecule has 2 rings (SSSR count). The quantitative estimate of drug-likeness (QED) is 0.875. The van der Waals surface area contributed by atoms with E-state index in [0.717, 1.165) is 4.90 Å². The smallest absolute Gasteiger partial charge is 0.418 e. The van der Waals surface area contributed by atoms with Gasteiger partial charge in [0.05, 0.1) is 12.3 Å². The number of amides is 1. The lowest BCUT2D eigenvalue weighted by atomic mass is 10.3. The van der Waals surface area contributed by atoms with Crippen LogP contribution < -0.4 is 9.64 Å². The van der Waals surface area contributed by atoms with Gasteiger partial charge in [0.15, 0.2) is 0 Å². The molecule has 1 heterocycles. The summed E-state index contributed by atoms with van der Waals surface area (Å²) in [5, 5.41) is 9.47. The SMILES string of the molecule is CCOc1cc(Cl)nc(N(C(=O)O)c2ccccc2)n1. The molecule has 20 heavy (non-hydrogen) atoms. The largest absolute Gasteiger partial charge is 0.478 e. The van der Waals surface area contributed by atoms with Crippen molar-refractivity contribution < 1.29 is 14.6 Å². The first kappa shape index (κ1) is 14.1. The average Bonchev–Trinajstić information content (AvgIpc) is 2.39. The first-order valence-electron chi connectivity index (χ1n) is 5.87. The summed E-state index contributed by atoms with van der Waals surface area (Å²) in [7, 11) is 0. The number of carboxylic acid groups (broad SMARTS) is 1. The molecule has 0 fully saturated rings. The molecule has 2 aromatic rings. The van der Waals surface area contributed by atoms with E-state index in [1.165, 1.54) is 6.07 Å². The number of aromatic nitrogens is 2. The van der Waals surface area contributed by atoms with Crippen molar-refractivity contribution in [1.29, 1.82) is 0 Å². The van der Waals surface area contributed by atoms with E-state index in [-0.39, 0.29) is 17.0 Å². The van der Waals surface area contributed by atoms with Crippen LogP contribution in [0.25, 0.3) is 0 Å². The Labute approximate surface area is 120 Å². The van der Waals surface area contributed by atoms with Crippen LogP contribution in [0, 0.1) is 0 Å². The van der Waals surface area contributed by atoms with Gasteiger partial charge in [-0.25, -0.2) is 9.69 Å². The first-order chi connectivity index (χ1) is 9.61. The van der Waals surface area contributed by atoms with E-state index in [4.69, 9.17) is 16.3 Å². The van der Waals surface area contributed by atoms with Gasteiger partial charge in [-0.3, -0.25) is 0 Å². The highest BCUT2D eigenvalue weighted by molar-refractivity contribution is 6.29. The van der Waals surface area contributed by atoms with Gasteiger partial charge in [0, 0.05) is 6.07 Å². The highest BCUT2D eigenvalue weighted by Crippen LogP contribution is 2.25. The molecule has 1 N–H and O–H groups in total. The van der Waals surface area contributed by atoms with Crippen molar-refractivity contribution in [2.45, 2.75) is 6.92 Å². The summed E-state index contributed by atoms with van der Waals surface area (Å²) in [5.74, 6) is 0.171. The standard InChI is InChI=1S/C13H12ClN3O3/c1-2-20-11-8-10(14)15-12(16-11)17(13(18)19)9-6-4-3-5-7-9/h3-8H,2H2,1H3,(H,18,19). The topological polar surface area (TPSA) is 75.5 Å². The van der Waals surface area contributed by atoms with Crippen molar-refractivity contribution >= 4 is 29.3 Å². The number of carbonyl (C=O) groups is 1. The zero-order valence-corrected chi connectivity index (χ0v) is 11.4. The first-order valence-corrected chi connectivity index (χ1v) is 6.25. The number of anilines is 2. The van der Waals surface area contributed by atoms with Crippen molar-refractivity contribution in [2.24, 2.45) is 0 Å². The van der Waals surface area contributed by atoms with E-state index in [1.807, 2.05) is 0 Å². The van der Waals surface area contributed by atoms with Gasteiger partial charge in [-0.2, -0.15) is 9.97 Å². The van der Waals surface area contributed by atoms with Crippen molar-refractivity contribution in [1.82, 2.24) is 9.97 Å². The van der Waals surface area contributed by atoms with Crippen LogP contribution in [0.2, 0.25) is 5.15 Å². The Morgan fingerprint density at radius 2 is 2.05 bits per heavy atom. The highest BCUT2D eigenvalue weighted by Gasteiger charge is 2.21. The van der Waals surface area contributed by atoms with Crippen LogP contribution in [0.15, 0.2) is 36.4 Å². The number of nitrogens with zero attached hydrogens (tertiary/aromatic N) is 3. The maximum Gasteiger partial charge on any atom is 0.418 e. The average molecular weight is 294 g/mol. The molecular formula is C13H12ClN3O3. The van der Waals surface area contributed by atoms with Crippen molar-refractivity contribution in [3.05, 3.63) is 41.6 Å². The number of ether oxygens (including phenoxy) is 1. The van der Waals surface area contributed by atoms with Crippen LogP contribution in [-0.2, 0) is 0 Å². The van der Waals surface area contributed by atoms with Gasteiger partial charge < -0.3 is 9.84 Å². The fourth-order valence-corrected chi connectivity index (χ4v) is 1.76. The monoisotopic (exact) mass is 293 g/mol. The molecule has 0 radical (unpaired) electrons. The van der Waals surface area contributed by atoms with E-state index in [9.17, 15) is 9.90 Å². The zero-order valence-electron chi connectivity index (χ0n) is 10.7. The third-order valence-corrected chi connectivity index (χ3v) is 2.55. The molecule has 6 nitrogen and oxygen atoms in total. The Bertz CT molecular complexity index is 607. The second kappa shape index (κ2) is 6.21. The Morgan fingerprint density at radius 1 is 1.35 bits per heavy atom. The third kappa shape index (κ3) is 3.16. The Hall–Kier alpha value is -2.34. The maximum absolute atomic E-state index is 11.4. The van der Waals surface area contributed by atoms with Crippen LogP contribution in [0.5, 0.6) is 5.88 Å². The minimum absolute atomic E-state index is 0.0559. The lowest BCUT2D eigenvalue weighted by Gasteiger charge is -2.17. The fraction of sp³-hybridized carbons (Fsp3) is 0.154. The predicted molar refractivity (Wildman–Crippen MR) is 74.8 cm³/mol. The third-order valence-electron chi connectivity index (χ3n) is 2.36. The molecule has 0 aliphatic heterocycles. The number of benzene rings is 1. The van der Waals surface area contributed by atoms with Crippen LogP contribution in [0.3, 0.4) is 0 Å². The number of hydrogen-bond acceptors (Lipinski definition) is 4. The molecule has 0 saturated carbocycles. The number of halogens is 1. The van der Waals surface area contributed by atoms with Crippen molar-refractivity contribution in [3.63, 3.8) is 0 Å². The van der Waals surface area contributed by atoms with Crippen molar-refractivity contribution in [2.75, 3.05) is 11.5 Å². The predicted octanol–water partition coefficient (Wildman–Crippen LogP) is 3.34. The molecule has 0 aliphatic rings. The number of rotatable bonds is 4. The van der Waals surface area contributed by atoms with Gasteiger partial charge in [0.25, 0.3) is 0 Å². The second-order valence-electron chi connectivity index (χ2n) is 3.72. The summed E-state index contributed by atoms with van der Waals surface area (Å²) in [4.78, 5) is 20.4. The summed E-state index contributed by atoms with van der Waals surface area (Å²) in [6, 6.07) is 9.93. The molecule has 0 atom stereocenters. The van der Waals surface area contributed by atoms with E-state index in [1.54, 1.807) is 37.3 Å². The molecule has 0 spiro atoms. The zero-order chi connectivity index (χ0) is 14.5. The van der Waals surface area contributed by atoms with Gasteiger partial charge >= 0.3 is 6.09 Å². The van der Waals surface area contributed by atoms with Crippen LogP contribution in [-0.4, -0.2) is 27.8 Å². The van der Waals surface area contributed by atoms with E-state index < -0.39 is 6.09 Å². The number of para-hydroxylation sites is 1. The van der Waals surface area contributed by atoms with E-state index >= 15 is 0 Å². The molecule has 1 aromatic heterocycles. The maximum atomic E-state index is 11.4. The van der Waals surface area contributed by atoms with Gasteiger partial charge in [0.1, 0.15) is 5.15 Å². The summed E-state index contributed by atoms with van der Waals surface area (Å²) in [6.07, 6.45) is -1.21. The van der Waals surface area contributed by atoms with Gasteiger partial charge in [-0.05, 0) is 19.1 Å². The lowest BCUT2D eigenvalue weighted by Crippen LogP contribution is -2.25. The van der Waals surface area contributed by atoms with Crippen LogP contribution in [0.1, 0.15) is 6.92 Å². The highest BCUT2D eigenvalue weighted by atomic mass is 35.5. The summed E-state index contributed by atoms with van der Waals surface area (Å²) >= 11 is 5.87. The molecule has 0 unspecified atom stereocenters. The molecular weight excluding hydrogens is 282 g/mol. The molecule has 0 saturated heterocycles.